The first kappa shape index (κ1) is 11.8. The largest absolute Gasteiger partial charge is 0.353 e. The minimum absolute atomic E-state index is 0.136. The lowest BCUT2D eigenvalue weighted by atomic mass is 9.95. The highest BCUT2D eigenvalue weighted by Gasteiger charge is 2.26. The van der Waals surface area contributed by atoms with Crippen LogP contribution < -0.4 is 4.90 Å². The second-order valence-electron chi connectivity index (χ2n) is 5.01. The van der Waals surface area contributed by atoms with Crippen molar-refractivity contribution in [1.82, 2.24) is 4.57 Å². The molecule has 0 saturated heterocycles. The van der Waals surface area contributed by atoms with Crippen LogP contribution in [0.2, 0.25) is 0 Å². The Morgan fingerprint density at radius 3 is 2.27 bits per heavy atom. The Morgan fingerprint density at radius 2 is 1.93 bits per heavy atom. The summed E-state index contributed by atoms with van der Waals surface area (Å²) >= 11 is 0. The van der Waals surface area contributed by atoms with Gasteiger partial charge in [0, 0.05) is 31.4 Å². The van der Waals surface area contributed by atoms with Gasteiger partial charge >= 0.3 is 0 Å². The van der Waals surface area contributed by atoms with Crippen molar-refractivity contribution >= 4 is 11.6 Å². The number of carbonyl (C=O) groups is 1. The topological polar surface area (TPSA) is 25.2 Å². The number of hydrogen-bond donors (Lipinski definition) is 0. The molecule has 0 radical (unpaired) electrons. The molecule has 1 aromatic heterocycles. The first-order valence-electron chi connectivity index (χ1n) is 5.15. The molecule has 1 amide bonds. The van der Waals surface area contributed by atoms with Crippen LogP contribution in [0.4, 0.5) is 5.69 Å². The highest BCUT2D eigenvalue weighted by molar-refractivity contribution is 5.96. The predicted molar refractivity (Wildman–Crippen MR) is 63.0 cm³/mol. The molecule has 3 heteroatoms. The molecule has 1 rings (SSSR count). The van der Waals surface area contributed by atoms with E-state index in [9.17, 15) is 4.79 Å². The smallest absolute Gasteiger partial charge is 0.232 e. The van der Waals surface area contributed by atoms with Gasteiger partial charge in [0.25, 0.3) is 0 Å². The summed E-state index contributed by atoms with van der Waals surface area (Å²) in [5.41, 5.74) is 1.75. The third-order valence-electron chi connectivity index (χ3n) is 2.66. The van der Waals surface area contributed by atoms with Crippen molar-refractivity contribution in [3.63, 3.8) is 0 Å². The van der Waals surface area contributed by atoms with E-state index in [4.69, 9.17) is 0 Å². The minimum Gasteiger partial charge on any atom is -0.353 e. The van der Waals surface area contributed by atoms with Crippen molar-refractivity contribution in [1.29, 1.82) is 0 Å². The van der Waals surface area contributed by atoms with Crippen molar-refractivity contribution < 1.29 is 4.79 Å². The fraction of sp³-hybridized carbons (Fsp3) is 0.583. The molecule has 0 aliphatic heterocycles. The van der Waals surface area contributed by atoms with Crippen LogP contribution in [-0.4, -0.2) is 17.5 Å². The Kier molecular flexibility index (Phi) is 2.93. The molecule has 0 fully saturated rings. The van der Waals surface area contributed by atoms with Gasteiger partial charge in [0.15, 0.2) is 0 Å². The summed E-state index contributed by atoms with van der Waals surface area (Å²) in [5.74, 6) is 0.136. The molecule has 84 valence electrons. The summed E-state index contributed by atoms with van der Waals surface area (Å²) in [6.07, 6.45) is 1.97. The summed E-state index contributed by atoms with van der Waals surface area (Å²) in [5, 5.41) is 0. The van der Waals surface area contributed by atoms with Gasteiger partial charge in [-0.25, -0.2) is 0 Å². The molecule has 0 atom stereocenters. The summed E-state index contributed by atoms with van der Waals surface area (Å²) in [4.78, 5) is 13.8. The van der Waals surface area contributed by atoms with E-state index in [1.54, 1.807) is 4.90 Å². The van der Waals surface area contributed by atoms with E-state index in [2.05, 4.69) is 0 Å². The number of hydrogen-bond acceptors (Lipinski definition) is 1. The van der Waals surface area contributed by atoms with E-state index in [1.807, 2.05) is 58.6 Å². The van der Waals surface area contributed by atoms with Crippen LogP contribution in [0.3, 0.4) is 0 Å². The summed E-state index contributed by atoms with van der Waals surface area (Å²) < 4.78 is 2.02. The van der Waals surface area contributed by atoms with Crippen LogP contribution in [0, 0.1) is 12.3 Å². The van der Waals surface area contributed by atoms with Crippen LogP contribution in [0.15, 0.2) is 12.3 Å². The van der Waals surface area contributed by atoms with Gasteiger partial charge in [-0.05, 0) is 13.0 Å². The molecular formula is C12H20N2O. The maximum atomic E-state index is 12.0. The van der Waals surface area contributed by atoms with E-state index in [0.717, 1.165) is 11.4 Å². The molecule has 1 heterocycles. The first-order chi connectivity index (χ1) is 6.75. The molecule has 0 aliphatic rings. The summed E-state index contributed by atoms with van der Waals surface area (Å²) in [7, 11) is 3.81. The molecule has 0 N–H and O–H groups in total. The van der Waals surface area contributed by atoms with Gasteiger partial charge < -0.3 is 9.47 Å². The Labute approximate surface area is 91.7 Å². The second kappa shape index (κ2) is 3.72. The lowest BCUT2D eigenvalue weighted by molar-refractivity contribution is -0.125. The fourth-order valence-corrected chi connectivity index (χ4v) is 1.56. The van der Waals surface area contributed by atoms with E-state index < -0.39 is 0 Å². The summed E-state index contributed by atoms with van der Waals surface area (Å²) in [6.45, 7) is 7.82. The van der Waals surface area contributed by atoms with Crippen molar-refractivity contribution in [2.45, 2.75) is 27.7 Å². The molecule has 1 aromatic rings. The maximum Gasteiger partial charge on any atom is 0.232 e. The molecular weight excluding hydrogens is 188 g/mol. The molecule has 0 aromatic carbocycles. The fourth-order valence-electron chi connectivity index (χ4n) is 1.56. The minimum atomic E-state index is -0.336. The van der Waals surface area contributed by atoms with Crippen molar-refractivity contribution in [2.75, 3.05) is 11.9 Å². The highest BCUT2D eigenvalue weighted by atomic mass is 16.2. The third kappa shape index (κ3) is 2.22. The Balaban J connectivity index is 3.00. The average molecular weight is 208 g/mol. The SMILES string of the molecule is Cc1c(N(C)C(=O)C(C)(C)C)ccn1C. The number of nitrogens with zero attached hydrogens (tertiary/aromatic N) is 2. The van der Waals surface area contributed by atoms with Crippen LogP contribution in [0.5, 0.6) is 0 Å². The lowest BCUT2D eigenvalue weighted by Gasteiger charge is -2.26. The van der Waals surface area contributed by atoms with E-state index in [0.29, 0.717) is 0 Å². The zero-order chi connectivity index (χ0) is 11.8. The van der Waals surface area contributed by atoms with Gasteiger partial charge in [0.2, 0.25) is 5.91 Å². The third-order valence-corrected chi connectivity index (χ3v) is 2.66. The highest BCUT2D eigenvalue weighted by Crippen LogP contribution is 2.24. The Hall–Kier alpha value is -1.25. The molecule has 0 saturated carbocycles. The number of aromatic nitrogens is 1. The second-order valence-corrected chi connectivity index (χ2v) is 5.01. The Bertz CT molecular complexity index is 371. The number of carbonyl (C=O) groups excluding carboxylic acids is 1. The van der Waals surface area contributed by atoms with Gasteiger partial charge in [0.1, 0.15) is 0 Å². The predicted octanol–water partition coefficient (Wildman–Crippen LogP) is 2.34. The number of aryl methyl sites for hydroxylation is 1. The van der Waals surface area contributed by atoms with Gasteiger partial charge in [-0.2, -0.15) is 0 Å². The molecule has 3 nitrogen and oxygen atoms in total. The van der Waals surface area contributed by atoms with Crippen LogP contribution in [0.1, 0.15) is 26.5 Å². The molecule has 0 aliphatic carbocycles. The standard InChI is InChI=1S/C12H20N2O/c1-9-10(7-8-13(9)5)14(6)11(15)12(2,3)4/h7-8H,1-6H3. The number of amides is 1. The molecule has 0 bridgehead atoms. The first-order valence-corrected chi connectivity index (χ1v) is 5.15. The number of rotatable bonds is 1. The van der Waals surface area contributed by atoms with Gasteiger partial charge in [-0.15, -0.1) is 0 Å². The van der Waals surface area contributed by atoms with Gasteiger partial charge in [-0.3, -0.25) is 4.79 Å². The number of anilines is 1. The molecule has 0 unspecified atom stereocenters. The van der Waals surface area contributed by atoms with Gasteiger partial charge in [-0.1, -0.05) is 20.8 Å². The lowest BCUT2D eigenvalue weighted by Crippen LogP contribution is -2.36. The van der Waals surface area contributed by atoms with E-state index in [-0.39, 0.29) is 11.3 Å². The van der Waals surface area contributed by atoms with Gasteiger partial charge in [0.05, 0.1) is 5.69 Å². The summed E-state index contributed by atoms with van der Waals surface area (Å²) in [6, 6.07) is 1.97. The van der Waals surface area contributed by atoms with Crippen molar-refractivity contribution in [2.24, 2.45) is 12.5 Å². The normalized spacial score (nSPS) is 11.6. The maximum absolute atomic E-state index is 12.0. The van der Waals surface area contributed by atoms with E-state index in [1.165, 1.54) is 0 Å². The van der Waals surface area contributed by atoms with Crippen LogP contribution in [-0.2, 0) is 11.8 Å². The van der Waals surface area contributed by atoms with Crippen LogP contribution >= 0.6 is 0 Å². The van der Waals surface area contributed by atoms with Crippen LogP contribution in [0.25, 0.3) is 0 Å². The van der Waals surface area contributed by atoms with Crippen molar-refractivity contribution in [3.8, 4) is 0 Å². The zero-order valence-corrected chi connectivity index (χ0v) is 10.5. The molecule has 0 spiro atoms. The quantitative estimate of drug-likeness (QED) is 0.695. The average Bonchev–Trinajstić information content (AvgIpc) is 2.44. The van der Waals surface area contributed by atoms with E-state index >= 15 is 0 Å². The monoisotopic (exact) mass is 208 g/mol. The molecule has 15 heavy (non-hydrogen) atoms. The van der Waals surface area contributed by atoms with Crippen molar-refractivity contribution in [3.05, 3.63) is 18.0 Å². The zero-order valence-electron chi connectivity index (χ0n) is 10.5. The Morgan fingerprint density at radius 1 is 1.40 bits per heavy atom.